The lowest BCUT2D eigenvalue weighted by molar-refractivity contribution is 0.0161. The zero-order valence-corrected chi connectivity index (χ0v) is 17.0. The number of hydrogen-bond acceptors (Lipinski definition) is 2. The summed E-state index contributed by atoms with van der Waals surface area (Å²) in [5.74, 6) is 0.298. The van der Waals surface area contributed by atoms with E-state index in [1.54, 1.807) is 30.3 Å². The lowest BCUT2D eigenvalue weighted by atomic mass is 9.85. The highest BCUT2D eigenvalue weighted by atomic mass is 19.1. The molecule has 3 heteroatoms. The van der Waals surface area contributed by atoms with E-state index in [9.17, 15) is 9.18 Å². The van der Waals surface area contributed by atoms with Gasteiger partial charge in [-0.05, 0) is 67.3 Å². The molecule has 0 N–H and O–H groups in total. The molecule has 0 amide bonds. The van der Waals surface area contributed by atoms with E-state index >= 15 is 0 Å². The number of ether oxygens (including phenoxy) is 1. The third-order valence-electron chi connectivity index (χ3n) is 5.77. The van der Waals surface area contributed by atoms with Gasteiger partial charge in [0.2, 0.25) is 0 Å². The number of rotatable bonds is 7. The molecule has 0 aromatic heterocycles. The summed E-state index contributed by atoms with van der Waals surface area (Å²) < 4.78 is 20.1. The molecule has 0 bridgehead atoms. The molecule has 0 radical (unpaired) electrons. The molecular formula is C25H31FO2. The van der Waals surface area contributed by atoms with Gasteiger partial charge in [-0.25, -0.2) is 9.18 Å². The Hall–Kier alpha value is -2.16. The molecular weight excluding hydrogens is 351 g/mol. The first-order valence-corrected chi connectivity index (χ1v) is 10.7. The second-order valence-electron chi connectivity index (χ2n) is 7.98. The van der Waals surface area contributed by atoms with Crippen molar-refractivity contribution in [1.29, 1.82) is 0 Å². The molecule has 0 saturated heterocycles. The maximum atomic E-state index is 14.4. The fourth-order valence-electron chi connectivity index (χ4n) is 4.19. The Morgan fingerprint density at radius 1 is 1.00 bits per heavy atom. The highest BCUT2D eigenvalue weighted by Gasteiger charge is 2.24. The molecule has 150 valence electrons. The van der Waals surface area contributed by atoms with Gasteiger partial charge in [0.25, 0.3) is 0 Å². The van der Waals surface area contributed by atoms with Crippen molar-refractivity contribution in [2.24, 2.45) is 5.92 Å². The van der Waals surface area contributed by atoms with E-state index in [2.05, 4.69) is 13.8 Å². The van der Waals surface area contributed by atoms with Crippen molar-refractivity contribution in [3.05, 3.63) is 59.4 Å². The van der Waals surface area contributed by atoms with E-state index < -0.39 is 0 Å². The Morgan fingerprint density at radius 3 is 2.32 bits per heavy atom. The van der Waals surface area contributed by atoms with Crippen LogP contribution in [0.15, 0.2) is 42.5 Å². The third kappa shape index (κ3) is 5.21. The minimum atomic E-state index is -0.274. The van der Waals surface area contributed by atoms with Crippen LogP contribution in [0, 0.1) is 11.7 Å². The Morgan fingerprint density at radius 2 is 1.71 bits per heavy atom. The van der Waals surface area contributed by atoms with E-state index in [1.807, 2.05) is 12.1 Å². The van der Waals surface area contributed by atoms with Gasteiger partial charge in [-0.3, -0.25) is 0 Å². The smallest absolute Gasteiger partial charge is 0.338 e. The summed E-state index contributed by atoms with van der Waals surface area (Å²) in [6.45, 7) is 4.31. The third-order valence-corrected chi connectivity index (χ3v) is 5.77. The van der Waals surface area contributed by atoms with Crippen molar-refractivity contribution in [1.82, 2.24) is 0 Å². The second kappa shape index (κ2) is 9.86. The highest BCUT2D eigenvalue weighted by Crippen LogP contribution is 2.30. The molecule has 1 fully saturated rings. The van der Waals surface area contributed by atoms with Crippen molar-refractivity contribution in [3.63, 3.8) is 0 Å². The summed E-state index contributed by atoms with van der Waals surface area (Å²) in [5.41, 5.74) is 2.88. The van der Waals surface area contributed by atoms with Crippen LogP contribution in [0.1, 0.15) is 74.7 Å². The van der Waals surface area contributed by atoms with Crippen LogP contribution in [0.3, 0.4) is 0 Å². The van der Waals surface area contributed by atoms with Gasteiger partial charge >= 0.3 is 5.97 Å². The van der Waals surface area contributed by atoms with E-state index in [4.69, 9.17) is 4.74 Å². The minimum absolute atomic E-state index is 0.0313. The van der Waals surface area contributed by atoms with Crippen molar-refractivity contribution in [3.8, 4) is 11.1 Å². The summed E-state index contributed by atoms with van der Waals surface area (Å²) in [6.07, 6.45) is 8.63. The Bertz CT molecular complexity index is 774. The topological polar surface area (TPSA) is 26.3 Å². The van der Waals surface area contributed by atoms with E-state index in [1.165, 1.54) is 12.8 Å². The zero-order valence-electron chi connectivity index (χ0n) is 17.0. The fraction of sp³-hybridized carbons (Fsp3) is 0.480. The average molecular weight is 383 g/mol. The van der Waals surface area contributed by atoms with Crippen LogP contribution in [0.25, 0.3) is 11.1 Å². The molecule has 0 spiro atoms. The zero-order chi connectivity index (χ0) is 19.9. The van der Waals surface area contributed by atoms with Crippen molar-refractivity contribution in [2.75, 3.05) is 0 Å². The van der Waals surface area contributed by atoms with Crippen LogP contribution in [0.4, 0.5) is 4.39 Å². The summed E-state index contributed by atoms with van der Waals surface area (Å²) in [4.78, 5) is 12.5. The van der Waals surface area contributed by atoms with Crippen molar-refractivity contribution >= 4 is 5.97 Å². The molecule has 3 rings (SSSR count). The number of carbonyl (C=O) groups excluding carboxylic acids is 1. The lowest BCUT2D eigenvalue weighted by Gasteiger charge is -2.28. The van der Waals surface area contributed by atoms with E-state index in [-0.39, 0.29) is 17.9 Å². The van der Waals surface area contributed by atoms with Crippen LogP contribution in [0.2, 0.25) is 0 Å². The molecule has 2 aromatic rings. The molecule has 2 nitrogen and oxygen atoms in total. The normalized spacial score (nSPS) is 19.4. The molecule has 0 aliphatic heterocycles. The number of benzene rings is 2. The van der Waals surface area contributed by atoms with Crippen LogP contribution in [-0.2, 0) is 11.2 Å². The minimum Gasteiger partial charge on any atom is -0.459 e. The monoisotopic (exact) mass is 382 g/mol. The summed E-state index contributed by atoms with van der Waals surface area (Å²) >= 11 is 0. The van der Waals surface area contributed by atoms with Gasteiger partial charge in [0.05, 0.1) is 5.56 Å². The van der Waals surface area contributed by atoms with Crippen molar-refractivity contribution < 1.29 is 13.9 Å². The van der Waals surface area contributed by atoms with Crippen LogP contribution >= 0.6 is 0 Å². The maximum Gasteiger partial charge on any atom is 0.338 e. The molecule has 1 aliphatic rings. The number of esters is 1. The Kier molecular flexibility index (Phi) is 7.24. The van der Waals surface area contributed by atoms with Crippen LogP contribution in [-0.4, -0.2) is 12.1 Å². The standard InChI is InChI=1S/C25H31FO2/c1-3-5-18-7-14-22(15-8-18)28-25(27)21-12-10-20(11-13-21)23-16-9-19(6-4-2)17-24(23)26/h9-13,16-18,22H,3-8,14-15H2,1-2H3/t18-,22-. The van der Waals surface area contributed by atoms with Gasteiger partial charge in [-0.15, -0.1) is 0 Å². The quantitative estimate of drug-likeness (QED) is 0.484. The number of halogens is 1. The lowest BCUT2D eigenvalue weighted by Crippen LogP contribution is -2.24. The van der Waals surface area contributed by atoms with E-state index in [0.717, 1.165) is 55.6 Å². The van der Waals surface area contributed by atoms with Crippen molar-refractivity contribution in [2.45, 2.75) is 71.3 Å². The molecule has 0 atom stereocenters. The van der Waals surface area contributed by atoms with Gasteiger partial charge in [0, 0.05) is 5.56 Å². The molecule has 1 aliphatic carbocycles. The van der Waals surface area contributed by atoms with E-state index in [0.29, 0.717) is 11.1 Å². The first kappa shape index (κ1) is 20.6. The highest BCUT2D eigenvalue weighted by molar-refractivity contribution is 5.90. The number of aryl methyl sites for hydroxylation is 1. The van der Waals surface area contributed by atoms with Gasteiger partial charge < -0.3 is 4.74 Å². The summed E-state index contributed by atoms with van der Waals surface area (Å²) in [5, 5.41) is 0. The predicted molar refractivity (Wildman–Crippen MR) is 112 cm³/mol. The van der Waals surface area contributed by atoms with Crippen LogP contribution < -0.4 is 0 Å². The summed E-state index contributed by atoms with van der Waals surface area (Å²) in [6, 6.07) is 12.5. The first-order chi connectivity index (χ1) is 13.6. The van der Waals surface area contributed by atoms with Gasteiger partial charge in [0.15, 0.2) is 0 Å². The Labute approximate surface area is 168 Å². The number of carbonyl (C=O) groups is 1. The van der Waals surface area contributed by atoms with Gasteiger partial charge in [-0.1, -0.05) is 57.4 Å². The van der Waals surface area contributed by atoms with Gasteiger partial charge in [-0.2, -0.15) is 0 Å². The van der Waals surface area contributed by atoms with Gasteiger partial charge in [0.1, 0.15) is 11.9 Å². The molecule has 0 unspecified atom stereocenters. The number of hydrogen-bond donors (Lipinski definition) is 0. The van der Waals surface area contributed by atoms with Crippen LogP contribution in [0.5, 0.6) is 0 Å². The molecule has 28 heavy (non-hydrogen) atoms. The largest absolute Gasteiger partial charge is 0.459 e. The second-order valence-corrected chi connectivity index (χ2v) is 7.98. The molecule has 0 heterocycles. The first-order valence-electron chi connectivity index (χ1n) is 10.7. The summed E-state index contributed by atoms with van der Waals surface area (Å²) in [7, 11) is 0. The Balaban J connectivity index is 1.60. The predicted octanol–water partition coefficient (Wildman–Crippen LogP) is 6.96. The average Bonchev–Trinajstić information content (AvgIpc) is 2.70. The molecule has 2 aromatic carbocycles. The SMILES string of the molecule is CCCc1ccc(-c2ccc(C(=O)O[C@H]3CC[C@H](CCC)CC3)cc2)c(F)c1. The molecule has 1 saturated carbocycles. The maximum absolute atomic E-state index is 14.4. The fourth-order valence-corrected chi connectivity index (χ4v) is 4.19.